The molecule has 3 aliphatic rings. The van der Waals surface area contributed by atoms with Gasteiger partial charge in [-0.25, -0.2) is 28.3 Å². The lowest BCUT2D eigenvalue weighted by atomic mass is 9.86. The third-order valence-electron chi connectivity index (χ3n) is 4.71. The molecule has 0 aliphatic carbocycles. The maximum Gasteiger partial charge on any atom is 0.404 e. The summed E-state index contributed by atoms with van der Waals surface area (Å²) in [7, 11) is -5.33. The van der Waals surface area contributed by atoms with Gasteiger partial charge in [0.05, 0.1) is 0 Å². The van der Waals surface area contributed by atoms with Crippen LogP contribution in [-0.4, -0.2) is 98.8 Å². The van der Waals surface area contributed by atoms with E-state index in [1.807, 2.05) is 0 Å². The molecule has 17 heteroatoms. The quantitative estimate of drug-likeness (QED) is 0.0923. The van der Waals surface area contributed by atoms with Crippen LogP contribution in [-0.2, 0) is 19.3 Å². The van der Waals surface area contributed by atoms with Gasteiger partial charge in [0.1, 0.15) is 13.2 Å². The lowest BCUT2D eigenvalue weighted by Crippen LogP contribution is -2.91. The third kappa shape index (κ3) is 2.71. The van der Waals surface area contributed by atoms with Crippen LogP contribution in [0.3, 0.4) is 0 Å². The van der Waals surface area contributed by atoms with Crippen molar-refractivity contribution in [3.8, 4) is 0 Å². The maximum atomic E-state index is 11.0. The van der Waals surface area contributed by atoms with Gasteiger partial charge < -0.3 is 25.2 Å². The van der Waals surface area contributed by atoms with Crippen LogP contribution in [0.1, 0.15) is 0 Å². The molecule has 4 atom stereocenters. The summed E-state index contributed by atoms with van der Waals surface area (Å²) in [4.78, 5) is 13.5. The molecule has 3 rings (SSSR count). The first-order valence-electron chi connectivity index (χ1n) is 7.37. The fourth-order valence-corrected chi connectivity index (χ4v) is 4.17. The Morgan fingerprint density at radius 3 is 2.67 bits per heavy atom. The highest BCUT2D eigenvalue weighted by Crippen LogP contribution is 2.40. The van der Waals surface area contributed by atoms with Gasteiger partial charge in [-0.15, -0.1) is 5.06 Å². The molecule has 1 amide bonds. The number of primary amides is 1. The summed E-state index contributed by atoms with van der Waals surface area (Å²) in [6, 6.07) is -2.49. The van der Waals surface area contributed by atoms with Crippen LogP contribution in [0.5, 0.6) is 0 Å². The van der Waals surface area contributed by atoms with Gasteiger partial charge in [0, 0.05) is 0 Å². The van der Waals surface area contributed by atoms with Crippen molar-refractivity contribution in [3.05, 3.63) is 0 Å². The summed E-state index contributed by atoms with van der Waals surface area (Å²) in [5.41, 5.74) is 14.3. The first-order chi connectivity index (χ1) is 12.3. The number of ether oxygens (including phenoxy) is 1. The van der Waals surface area contributed by atoms with Crippen molar-refractivity contribution >= 4 is 28.4 Å². The molecule has 1 saturated heterocycles. The molecule has 152 valence electrons. The van der Waals surface area contributed by atoms with E-state index in [0.29, 0.717) is 5.06 Å². The summed E-state index contributed by atoms with van der Waals surface area (Å²) in [6.45, 7) is -1.19. The highest BCUT2D eigenvalue weighted by molar-refractivity contribution is 7.80. The smallest absolute Gasteiger partial charge is 0.404 e. The summed E-state index contributed by atoms with van der Waals surface area (Å²) < 4.78 is 42.8. The molecule has 3 aliphatic heterocycles. The predicted octanol–water partition coefficient (Wildman–Crippen LogP) is -7.91. The molecule has 0 bridgehead atoms. The molecule has 0 saturated carbocycles. The molecular formula is C10H18N7O9S+. The zero-order valence-electron chi connectivity index (χ0n) is 13.5. The molecule has 16 nitrogen and oxygen atoms in total. The molecule has 1 fully saturated rings. The lowest BCUT2D eigenvalue weighted by molar-refractivity contribution is -0.684. The SMILES string of the molecule is NC(=O)OC[C@H]1[C@@H]2[NH+]=C(N)N[C@]23[N+](=C(N)N1O)C[C@H](OS(=O)(=O)[O-])C3(O)O. The molecule has 3 heterocycles. The highest BCUT2D eigenvalue weighted by Gasteiger charge is 2.80. The number of carbonyl (C=O) groups excluding carboxylic acids is 1. The number of amides is 1. The van der Waals surface area contributed by atoms with Gasteiger partial charge >= 0.3 is 18.0 Å². The van der Waals surface area contributed by atoms with Crippen molar-refractivity contribution < 1.29 is 51.7 Å². The van der Waals surface area contributed by atoms with Crippen molar-refractivity contribution in [2.24, 2.45) is 17.2 Å². The Morgan fingerprint density at radius 2 is 2.11 bits per heavy atom. The minimum Gasteiger partial charge on any atom is -0.726 e. The van der Waals surface area contributed by atoms with Gasteiger partial charge in [0.2, 0.25) is 10.4 Å². The zero-order valence-corrected chi connectivity index (χ0v) is 14.3. The molecule has 1 spiro atoms. The minimum atomic E-state index is -5.33. The molecule has 0 aromatic carbocycles. The van der Waals surface area contributed by atoms with Gasteiger partial charge in [0.25, 0.3) is 11.4 Å². The van der Waals surface area contributed by atoms with Crippen LogP contribution in [0.2, 0.25) is 0 Å². The number of nitrogens with zero attached hydrogens (tertiary/aromatic N) is 2. The Hall–Kier alpha value is -2.44. The first kappa shape index (κ1) is 19.3. The number of nitrogens with two attached hydrogens (primary N) is 3. The van der Waals surface area contributed by atoms with Crippen LogP contribution >= 0.6 is 0 Å². The van der Waals surface area contributed by atoms with Crippen molar-refractivity contribution in [2.75, 3.05) is 13.2 Å². The summed E-state index contributed by atoms with van der Waals surface area (Å²) >= 11 is 0. The summed E-state index contributed by atoms with van der Waals surface area (Å²) in [5.74, 6) is -3.74. The van der Waals surface area contributed by atoms with Crippen molar-refractivity contribution in [3.63, 3.8) is 0 Å². The van der Waals surface area contributed by atoms with E-state index in [2.05, 4.69) is 19.2 Å². The molecule has 11 N–H and O–H groups in total. The number of nitrogens with one attached hydrogen (secondary N) is 2. The second kappa shape index (κ2) is 5.78. The van der Waals surface area contributed by atoms with Crippen LogP contribution in [0.4, 0.5) is 4.79 Å². The Morgan fingerprint density at radius 1 is 1.48 bits per heavy atom. The maximum absolute atomic E-state index is 11.0. The normalized spacial score (nSPS) is 34.6. The van der Waals surface area contributed by atoms with Crippen molar-refractivity contribution in [1.29, 1.82) is 0 Å². The Bertz CT molecular complexity index is 842. The summed E-state index contributed by atoms with van der Waals surface area (Å²) in [6.07, 6.45) is -3.17. The average Bonchev–Trinajstić information content (AvgIpc) is 2.96. The number of rotatable bonds is 4. The standard InChI is InChI=1S/C10H17N7O9S/c11-6-14-5-3(2-25-8(13)18)17(21)7(12)16-1-4(26-27(22,23)24)10(19,20)9(5,16)15-6/h3-5,12,19-21H,1-2H2,(H6,11,13,14,15,18,22,23,24)/p+1/t3-,4-,5-,9-/m0/s1. The van der Waals surface area contributed by atoms with E-state index in [4.69, 9.17) is 17.2 Å². The fourth-order valence-electron chi connectivity index (χ4n) is 3.69. The number of carbonyl (C=O) groups is 1. The summed E-state index contributed by atoms with van der Waals surface area (Å²) in [5, 5.41) is 34.7. The Labute approximate surface area is 151 Å². The average molecular weight is 412 g/mol. The van der Waals surface area contributed by atoms with E-state index in [-0.39, 0.29) is 5.96 Å². The van der Waals surface area contributed by atoms with Crippen molar-refractivity contribution in [1.82, 2.24) is 10.4 Å². The molecule has 27 heavy (non-hydrogen) atoms. The molecular weight excluding hydrogens is 394 g/mol. The van der Waals surface area contributed by atoms with Gasteiger partial charge in [-0.3, -0.25) is 20.6 Å². The van der Waals surface area contributed by atoms with E-state index in [9.17, 15) is 33.2 Å². The largest absolute Gasteiger partial charge is 0.726 e. The van der Waals surface area contributed by atoms with E-state index in [1.165, 1.54) is 0 Å². The Balaban J connectivity index is 2.11. The van der Waals surface area contributed by atoms with Crippen LogP contribution in [0.15, 0.2) is 0 Å². The second-order valence-corrected chi connectivity index (χ2v) is 7.17. The monoisotopic (exact) mass is 412 g/mol. The lowest BCUT2D eigenvalue weighted by Gasteiger charge is -2.42. The third-order valence-corrected chi connectivity index (χ3v) is 5.18. The van der Waals surface area contributed by atoms with Gasteiger partial charge in [-0.2, -0.15) is 0 Å². The van der Waals surface area contributed by atoms with Gasteiger partial charge in [-0.1, -0.05) is 0 Å². The molecule has 0 aromatic heterocycles. The minimum absolute atomic E-state index is 0.199. The van der Waals surface area contributed by atoms with Crippen LogP contribution in [0, 0.1) is 0 Å². The molecule has 0 unspecified atom stereocenters. The van der Waals surface area contributed by atoms with Crippen molar-refractivity contribution in [2.45, 2.75) is 29.6 Å². The molecule has 0 radical (unpaired) electrons. The van der Waals surface area contributed by atoms with E-state index >= 15 is 0 Å². The number of hydroxylamine groups is 2. The number of hydrogen-bond donors (Lipinski definition) is 8. The van der Waals surface area contributed by atoms with Gasteiger partial charge in [0.15, 0.2) is 18.2 Å². The van der Waals surface area contributed by atoms with Crippen LogP contribution in [0.25, 0.3) is 0 Å². The zero-order chi connectivity index (χ0) is 20.4. The van der Waals surface area contributed by atoms with Gasteiger partial charge in [-0.05, 0) is 0 Å². The number of guanidine groups is 2. The molecule has 0 aromatic rings. The predicted molar refractivity (Wildman–Crippen MR) is 78.8 cm³/mol. The van der Waals surface area contributed by atoms with Crippen LogP contribution < -0.4 is 27.5 Å². The van der Waals surface area contributed by atoms with E-state index in [1.54, 1.807) is 0 Å². The van der Waals surface area contributed by atoms with E-state index in [0.717, 1.165) is 4.58 Å². The first-order valence-corrected chi connectivity index (χ1v) is 8.71. The fraction of sp³-hybridized carbons (Fsp3) is 0.700. The topological polar surface area (TPSA) is 264 Å². The number of aliphatic hydroxyl groups is 2. The Kier molecular flexibility index (Phi) is 4.13. The second-order valence-electron chi connectivity index (χ2n) is 6.16. The number of hydrogen-bond acceptors (Lipinski definition) is 13. The van der Waals surface area contributed by atoms with E-state index < -0.39 is 65.2 Å². The highest BCUT2D eigenvalue weighted by atomic mass is 32.3.